The lowest BCUT2D eigenvalue weighted by Gasteiger charge is -2.37. The number of nitrogens with zero attached hydrogens (tertiary/aromatic N) is 3. The van der Waals surface area contributed by atoms with Gasteiger partial charge in [0.2, 0.25) is 0 Å². The summed E-state index contributed by atoms with van der Waals surface area (Å²) in [6, 6.07) is 8.13. The molecule has 1 saturated heterocycles. The Morgan fingerprint density at radius 3 is 2.62 bits per heavy atom. The predicted molar refractivity (Wildman–Crippen MR) is 89.6 cm³/mol. The van der Waals surface area contributed by atoms with E-state index in [0.29, 0.717) is 0 Å². The summed E-state index contributed by atoms with van der Waals surface area (Å²) >= 11 is 0. The van der Waals surface area contributed by atoms with Crippen molar-refractivity contribution in [2.75, 3.05) is 43.4 Å². The highest BCUT2D eigenvalue weighted by molar-refractivity contribution is 5.93. The summed E-state index contributed by atoms with van der Waals surface area (Å²) in [5, 5.41) is 1.20. The second-order valence-electron chi connectivity index (χ2n) is 6.29. The molecule has 1 fully saturated rings. The fourth-order valence-electron chi connectivity index (χ4n) is 3.11. The molecule has 3 rings (SSSR count). The SMILES string of the molecule is CC(C)CN1CCN(c2ccnc3cc(N)ccc23)CC1. The van der Waals surface area contributed by atoms with E-state index in [4.69, 9.17) is 5.73 Å². The molecule has 21 heavy (non-hydrogen) atoms. The van der Waals surface area contributed by atoms with Crippen molar-refractivity contribution in [3.63, 3.8) is 0 Å². The molecule has 0 saturated carbocycles. The van der Waals surface area contributed by atoms with E-state index in [1.165, 1.54) is 17.6 Å². The number of hydrogen-bond acceptors (Lipinski definition) is 4. The number of hydrogen-bond donors (Lipinski definition) is 1. The maximum Gasteiger partial charge on any atom is 0.0743 e. The fraction of sp³-hybridized carbons (Fsp3) is 0.471. The maximum absolute atomic E-state index is 5.86. The Balaban J connectivity index is 1.79. The topological polar surface area (TPSA) is 45.4 Å². The number of aromatic nitrogens is 1. The largest absolute Gasteiger partial charge is 0.399 e. The molecule has 0 radical (unpaired) electrons. The van der Waals surface area contributed by atoms with Crippen molar-refractivity contribution in [2.45, 2.75) is 13.8 Å². The fourth-order valence-corrected chi connectivity index (χ4v) is 3.11. The summed E-state index contributed by atoms with van der Waals surface area (Å²) in [6.07, 6.45) is 1.89. The normalized spacial score (nSPS) is 16.8. The first-order valence-electron chi connectivity index (χ1n) is 7.75. The van der Waals surface area contributed by atoms with Gasteiger partial charge in [0.25, 0.3) is 0 Å². The molecule has 1 aliphatic rings. The van der Waals surface area contributed by atoms with Gasteiger partial charge in [-0.05, 0) is 30.2 Å². The summed E-state index contributed by atoms with van der Waals surface area (Å²) in [5.41, 5.74) is 8.89. The van der Waals surface area contributed by atoms with Crippen LogP contribution < -0.4 is 10.6 Å². The molecule has 0 spiro atoms. The average Bonchev–Trinajstić information content (AvgIpc) is 2.46. The number of nitrogen functional groups attached to an aromatic ring is 1. The quantitative estimate of drug-likeness (QED) is 0.880. The molecule has 2 heterocycles. The minimum absolute atomic E-state index is 0.737. The van der Waals surface area contributed by atoms with Crippen LogP contribution in [0.4, 0.5) is 11.4 Å². The van der Waals surface area contributed by atoms with Crippen molar-refractivity contribution in [3.05, 3.63) is 30.5 Å². The van der Waals surface area contributed by atoms with Crippen molar-refractivity contribution < 1.29 is 0 Å². The predicted octanol–water partition coefficient (Wildman–Crippen LogP) is 2.60. The number of rotatable bonds is 3. The second kappa shape index (κ2) is 5.90. The van der Waals surface area contributed by atoms with Gasteiger partial charge >= 0.3 is 0 Å². The van der Waals surface area contributed by atoms with Crippen LogP contribution in [0.2, 0.25) is 0 Å². The van der Waals surface area contributed by atoms with Gasteiger partial charge in [0.1, 0.15) is 0 Å². The molecule has 4 nitrogen and oxygen atoms in total. The first kappa shape index (κ1) is 14.1. The molecule has 0 atom stereocenters. The first-order valence-corrected chi connectivity index (χ1v) is 7.75. The van der Waals surface area contributed by atoms with Crippen molar-refractivity contribution >= 4 is 22.3 Å². The highest BCUT2D eigenvalue weighted by Crippen LogP contribution is 2.27. The van der Waals surface area contributed by atoms with Gasteiger partial charge in [0.15, 0.2) is 0 Å². The van der Waals surface area contributed by atoms with Gasteiger partial charge < -0.3 is 10.6 Å². The minimum atomic E-state index is 0.737. The minimum Gasteiger partial charge on any atom is -0.399 e. The Morgan fingerprint density at radius 1 is 1.14 bits per heavy atom. The van der Waals surface area contributed by atoms with Crippen LogP contribution in [0.5, 0.6) is 0 Å². The molecule has 1 aromatic heterocycles. The van der Waals surface area contributed by atoms with Gasteiger partial charge in [0.05, 0.1) is 5.52 Å². The van der Waals surface area contributed by atoms with Crippen LogP contribution in [0.3, 0.4) is 0 Å². The zero-order chi connectivity index (χ0) is 14.8. The number of benzene rings is 1. The number of nitrogens with two attached hydrogens (primary N) is 1. The Labute approximate surface area is 126 Å². The van der Waals surface area contributed by atoms with Crippen LogP contribution in [-0.4, -0.2) is 42.6 Å². The van der Waals surface area contributed by atoms with Crippen LogP contribution in [0.15, 0.2) is 30.5 Å². The van der Waals surface area contributed by atoms with Crippen LogP contribution in [0.1, 0.15) is 13.8 Å². The van der Waals surface area contributed by atoms with Gasteiger partial charge in [0, 0.05) is 55.7 Å². The van der Waals surface area contributed by atoms with Crippen molar-refractivity contribution in [2.24, 2.45) is 5.92 Å². The summed E-state index contributed by atoms with van der Waals surface area (Å²) in [5.74, 6) is 0.737. The number of pyridine rings is 1. The molecule has 1 aliphatic heterocycles. The lowest BCUT2D eigenvalue weighted by atomic mass is 10.1. The van der Waals surface area contributed by atoms with E-state index in [1.807, 2.05) is 18.3 Å². The van der Waals surface area contributed by atoms with Gasteiger partial charge in [-0.3, -0.25) is 9.88 Å². The Morgan fingerprint density at radius 2 is 1.90 bits per heavy atom. The lowest BCUT2D eigenvalue weighted by Crippen LogP contribution is -2.47. The lowest BCUT2D eigenvalue weighted by molar-refractivity contribution is 0.231. The molecule has 4 heteroatoms. The van der Waals surface area contributed by atoms with Crippen LogP contribution in [0.25, 0.3) is 10.9 Å². The van der Waals surface area contributed by atoms with E-state index in [9.17, 15) is 0 Å². The van der Waals surface area contributed by atoms with Gasteiger partial charge in [-0.2, -0.15) is 0 Å². The Bertz CT molecular complexity index is 615. The summed E-state index contributed by atoms with van der Waals surface area (Å²) < 4.78 is 0. The van der Waals surface area contributed by atoms with Gasteiger partial charge in [-0.1, -0.05) is 13.8 Å². The van der Waals surface area contributed by atoms with E-state index in [1.54, 1.807) is 0 Å². The van der Waals surface area contributed by atoms with E-state index in [-0.39, 0.29) is 0 Å². The van der Waals surface area contributed by atoms with Crippen LogP contribution in [0, 0.1) is 5.92 Å². The molecule has 0 amide bonds. The summed E-state index contributed by atoms with van der Waals surface area (Å²) in [7, 11) is 0. The second-order valence-corrected chi connectivity index (χ2v) is 6.29. The molecule has 0 aliphatic carbocycles. The van der Waals surface area contributed by atoms with E-state index in [2.05, 4.69) is 40.8 Å². The zero-order valence-electron chi connectivity index (χ0n) is 12.9. The Kier molecular flexibility index (Phi) is 3.97. The molecular formula is C17H24N4. The number of anilines is 2. The Hall–Kier alpha value is -1.81. The molecule has 0 bridgehead atoms. The van der Waals surface area contributed by atoms with Crippen LogP contribution in [-0.2, 0) is 0 Å². The smallest absolute Gasteiger partial charge is 0.0743 e. The molecule has 112 valence electrons. The van der Waals surface area contributed by atoms with E-state index in [0.717, 1.165) is 43.3 Å². The molecule has 2 N–H and O–H groups in total. The van der Waals surface area contributed by atoms with E-state index >= 15 is 0 Å². The highest BCUT2D eigenvalue weighted by Gasteiger charge is 2.19. The highest BCUT2D eigenvalue weighted by atomic mass is 15.3. The first-order chi connectivity index (χ1) is 10.1. The molecule has 2 aromatic rings. The van der Waals surface area contributed by atoms with Crippen molar-refractivity contribution in [1.29, 1.82) is 0 Å². The van der Waals surface area contributed by atoms with Crippen molar-refractivity contribution in [3.8, 4) is 0 Å². The molecule has 1 aromatic carbocycles. The maximum atomic E-state index is 5.86. The number of piperazine rings is 1. The number of fused-ring (bicyclic) bond motifs is 1. The standard InChI is InChI=1S/C17H24N4/c1-13(2)12-20-7-9-21(10-8-20)17-5-6-19-16-11-14(18)3-4-15(16)17/h3-6,11,13H,7-10,12,18H2,1-2H3. The van der Waals surface area contributed by atoms with Gasteiger partial charge in [-0.25, -0.2) is 0 Å². The monoisotopic (exact) mass is 284 g/mol. The summed E-state index contributed by atoms with van der Waals surface area (Å²) in [6.45, 7) is 10.2. The third kappa shape index (κ3) is 3.10. The third-order valence-electron chi connectivity index (χ3n) is 4.08. The third-order valence-corrected chi connectivity index (χ3v) is 4.08. The summed E-state index contributed by atoms with van der Waals surface area (Å²) in [4.78, 5) is 9.46. The van der Waals surface area contributed by atoms with Crippen molar-refractivity contribution in [1.82, 2.24) is 9.88 Å². The molecule has 0 unspecified atom stereocenters. The van der Waals surface area contributed by atoms with Crippen LogP contribution >= 0.6 is 0 Å². The zero-order valence-corrected chi connectivity index (χ0v) is 12.9. The van der Waals surface area contributed by atoms with E-state index < -0.39 is 0 Å². The van der Waals surface area contributed by atoms with Gasteiger partial charge in [-0.15, -0.1) is 0 Å². The molecular weight excluding hydrogens is 260 g/mol. The average molecular weight is 284 g/mol.